The number of amides is 1. The fourth-order valence-electron chi connectivity index (χ4n) is 2.30. The zero-order chi connectivity index (χ0) is 11.6. The lowest BCUT2D eigenvalue weighted by molar-refractivity contribution is -0.169. The number of likely N-dealkylation sites (N-methyl/N-ethyl adjacent to an activating group) is 1. The lowest BCUT2D eigenvalue weighted by atomic mass is 10.0. The number of ether oxygens (including phenoxy) is 2. The van der Waals surface area contributed by atoms with E-state index >= 15 is 0 Å². The van der Waals surface area contributed by atoms with E-state index in [0.717, 1.165) is 6.54 Å². The number of rotatable bonds is 1. The number of carbonyl (C=O) groups excluding carboxylic acids is 1. The van der Waals surface area contributed by atoms with Crippen molar-refractivity contribution in [2.75, 3.05) is 53.0 Å². The summed E-state index contributed by atoms with van der Waals surface area (Å²) in [5.74, 6) is 0.0994. The number of carbonyl (C=O) groups is 1. The Balaban J connectivity index is 2.01. The van der Waals surface area contributed by atoms with E-state index in [9.17, 15) is 4.79 Å². The molecule has 0 aliphatic carbocycles. The van der Waals surface area contributed by atoms with Crippen LogP contribution >= 0.6 is 0 Å². The van der Waals surface area contributed by atoms with Crippen LogP contribution in [0.3, 0.4) is 0 Å². The van der Waals surface area contributed by atoms with Crippen LogP contribution in [0.15, 0.2) is 0 Å². The first kappa shape index (κ1) is 11.8. The molecule has 0 spiro atoms. The summed E-state index contributed by atoms with van der Waals surface area (Å²) in [4.78, 5) is 16.3. The second-order valence-corrected chi connectivity index (χ2v) is 4.72. The lowest BCUT2D eigenvalue weighted by Crippen LogP contribution is -2.59. The van der Waals surface area contributed by atoms with Crippen molar-refractivity contribution in [1.82, 2.24) is 9.80 Å². The Bertz CT molecular complexity index is 266. The molecule has 2 fully saturated rings. The smallest absolute Gasteiger partial charge is 0.256 e. The van der Waals surface area contributed by atoms with Gasteiger partial charge in [0.15, 0.2) is 5.60 Å². The zero-order valence-corrected chi connectivity index (χ0v) is 10.1. The van der Waals surface area contributed by atoms with Crippen LogP contribution < -0.4 is 0 Å². The zero-order valence-electron chi connectivity index (χ0n) is 10.1. The van der Waals surface area contributed by atoms with Gasteiger partial charge in [-0.25, -0.2) is 0 Å². The van der Waals surface area contributed by atoms with Gasteiger partial charge in [-0.2, -0.15) is 0 Å². The molecule has 2 heterocycles. The van der Waals surface area contributed by atoms with Gasteiger partial charge in [-0.05, 0) is 14.0 Å². The van der Waals surface area contributed by atoms with Crippen LogP contribution in [0, 0.1) is 0 Å². The molecular weight excluding hydrogens is 208 g/mol. The minimum absolute atomic E-state index is 0.0994. The molecule has 1 atom stereocenters. The SMILES string of the molecule is CN1CCOC(C)(C(=O)N2CCOCC2)C1. The lowest BCUT2D eigenvalue weighted by Gasteiger charge is -2.41. The number of hydrogen-bond donors (Lipinski definition) is 0. The Morgan fingerprint density at radius 2 is 1.88 bits per heavy atom. The van der Waals surface area contributed by atoms with Crippen molar-refractivity contribution in [2.24, 2.45) is 0 Å². The molecule has 0 radical (unpaired) electrons. The number of nitrogens with zero attached hydrogens (tertiary/aromatic N) is 2. The molecule has 2 rings (SSSR count). The maximum absolute atomic E-state index is 12.3. The van der Waals surface area contributed by atoms with E-state index in [-0.39, 0.29) is 5.91 Å². The van der Waals surface area contributed by atoms with Gasteiger partial charge in [0.1, 0.15) is 0 Å². The van der Waals surface area contributed by atoms with Crippen LogP contribution in [-0.2, 0) is 14.3 Å². The first-order valence-electron chi connectivity index (χ1n) is 5.81. The molecule has 0 bridgehead atoms. The van der Waals surface area contributed by atoms with E-state index in [4.69, 9.17) is 9.47 Å². The van der Waals surface area contributed by atoms with Gasteiger partial charge in [-0.3, -0.25) is 4.79 Å². The van der Waals surface area contributed by atoms with Crippen molar-refractivity contribution in [2.45, 2.75) is 12.5 Å². The highest BCUT2D eigenvalue weighted by molar-refractivity contribution is 5.85. The van der Waals surface area contributed by atoms with E-state index in [0.29, 0.717) is 39.5 Å². The Labute approximate surface area is 96.3 Å². The fraction of sp³-hybridized carbons (Fsp3) is 0.909. The fourth-order valence-corrected chi connectivity index (χ4v) is 2.30. The van der Waals surface area contributed by atoms with Crippen LogP contribution in [0.1, 0.15) is 6.92 Å². The molecule has 0 saturated carbocycles. The minimum Gasteiger partial charge on any atom is -0.378 e. The Morgan fingerprint density at radius 1 is 1.19 bits per heavy atom. The third kappa shape index (κ3) is 2.36. The monoisotopic (exact) mass is 228 g/mol. The van der Waals surface area contributed by atoms with E-state index in [1.165, 1.54) is 0 Å². The van der Waals surface area contributed by atoms with Crippen LogP contribution in [-0.4, -0.2) is 74.4 Å². The largest absolute Gasteiger partial charge is 0.378 e. The van der Waals surface area contributed by atoms with Crippen molar-refractivity contribution < 1.29 is 14.3 Å². The van der Waals surface area contributed by atoms with E-state index in [1.807, 2.05) is 18.9 Å². The summed E-state index contributed by atoms with van der Waals surface area (Å²) in [7, 11) is 2.02. The van der Waals surface area contributed by atoms with E-state index in [2.05, 4.69) is 4.90 Å². The second kappa shape index (κ2) is 4.69. The number of morpholine rings is 2. The third-order valence-electron chi connectivity index (χ3n) is 3.22. The average molecular weight is 228 g/mol. The van der Waals surface area contributed by atoms with Gasteiger partial charge < -0.3 is 19.3 Å². The van der Waals surface area contributed by atoms with Crippen LogP contribution in [0.25, 0.3) is 0 Å². The topological polar surface area (TPSA) is 42.0 Å². The molecule has 16 heavy (non-hydrogen) atoms. The average Bonchev–Trinajstić information content (AvgIpc) is 2.29. The standard InChI is InChI=1S/C11H20N2O3/c1-11(9-12(2)3-8-16-11)10(14)13-4-6-15-7-5-13/h3-9H2,1-2H3. The Kier molecular flexibility index (Phi) is 3.47. The summed E-state index contributed by atoms with van der Waals surface area (Å²) in [6.45, 7) is 6.72. The van der Waals surface area contributed by atoms with Crippen LogP contribution in [0.4, 0.5) is 0 Å². The van der Waals surface area contributed by atoms with Crippen molar-refractivity contribution >= 4 is 5.91 Å². The summed E-state index contributed by atoms with van der Waals surface area (Å²) in [6.07, 6.45) is 0. The third-order valence-corrected chi connectivity index (χ3v) is 3.22. The van der Waals surface area contributed by atoms with Gasteiger partial charge in [-0.1, -0.05) is 0 Å². The summed E-state index contributed by atoms with van der Waals surface area (Å²) >= 11 is 0. The highest BCUT2D eigenvalue weighted by Crippen LogP contribution is 2.20. The van der Waals surface area contributed by atoms with Crippen LogP contribution in [0.2, 0.25) is 0 Å². The summed E-state index contributed by atoms with van der Waals surface area (Å²) in [5, 5.41) is 0. The van der Waals surface area contributed by atoms with E-state index < -0.39 is 5.60 Å². The van der Waals surface area contributed by atoms with Gasteiger partial charge in [0.25, 0.3) is 5.91 Å². The maximum atomic E-state index is 12.3. The van der Waals surface area contributed by atoms with Gasteiger partial charge in [0.05, 0.1) is 19.8 Å². The molecule has 2 saturated heterocycles. The van der Waals surface area contributed by atoms with Gasteiger partial charge in [-0.15, -0.1) is 0 Å². The molecule has 0 aromatic rings. The first-order chi connectivity index (χ1) is 7.62. The van der Waals surface area contributed by atoms with Gasteiger partial charge >= 0.3 is 0 Å². The number of hydrogen-bond acceptors (Lipinski definition) is 4. The molecule has 2 aliphatic heterocycles. The second-order valence-electron chi connectivity index (χ2n) is 4.72. The molecule has 92 valence electrons. The van der Waals surface area contributed by atoms with Crippen LogP contribution in [0.5, 0.6) is 0 Å². The van der Waals surface area contributed by atoms with E-state index in [1.54, 1.807) is 0 Å². The quantitative estimate of drug-likeness (QED) is 0.610. The predicted octanol–water partition coefficient (Wildman–Crippen LogP) is -0.434. The van der Waals surface area contributed by atoms with Crippen molar-refractivity contribution in [3.05, 3.63) is 0 Å². The van der Waals surface area contributed by atoms with Gasteiger partial charge in [0.2, 0.25) is 0 Å². The molecular formula is C11H20N2O3. The highest BCUT2D eigenvalue weighted by Gasteiger charge is 2.41. The molecule has 0 aromatic carbocycles. The summed E-state index contributed by atoms with van der Waals surface area (Å²) in [5.41, 5.74) is -0.676. The first-order valence-corrected chi connectivity index (χ1v) is 5.81. The molecule has 0 N–H and O–H groups in total. The molecule has 1 unspecified atom stereocenters. The van der Waals surface area contributed by atoms with Crippen molar-refractivity contribution in [3.8, 4) is 0 Å². The Morgan fingerprint density at radius 3 is 2.50 bits per heavy atom. The Hall–Kier alpha value is -0.650. The summed E-state index contributed by atoms with van der Waals surface area (Å²) < 4.78 is 10.9. The van der Waals surface area contributed by atoms with Gasteiger partial charge in [0, 0.05) is 26.2 Å². The predicted molar refractivity (Wildman–Crippen MR) is 59.3 cm³/mol. The minimum atomic E-state index is -0.676. The van der Waals surface area contributed by atoms with Crippen molar-refractivity contribution in [1.29, 1.82) is 0 Å². The van der Waals surface area contributed by atoms with Crippen molar-refractivity contribution in [3.63, 3.8) is 0 Å². The molecule has 5 heteroatoms. The molecule has 0 aromatic heterocycles. The molecule has 2 aliphatic rings. The molecule has 5 nitrogen and oxygen atoms in total. The maximum Gasteiger partial charge on any atom is 0.256 e. The molecule has 1 amide bonds. The summed E-state index contributed by atoms with van der Waals surface area (Å²) in [6, 6.07) is 0. The normalized spacial score (nSPS) is 32.8. The highest BCUT2D eigenvalue weighted by atomic mass is 16.5.